The van der Waals surface area contributed by atoms with Crippen molar-refractivity contribution in [2.75, 3.05) is 6.54 Å². The summed E-state index contributed by atoms with van der Waals surface area (Å²) in [6.45, 7) is 5.65. The van der Waals surface area contributed by atoms with E-state index in [4.69, 9.17) is 0 Å². The van der Waals surface area contributed by atoms with E-state index >= 15 is 0 Å². The second-order valence-corrected chi connectivity index (χ2v) is 8.24. The number of hydrogen-bond donors (Lipinski definition) is 0. The molecule has 0 radical (unpaired) electrons. The van der Waals surface area contributed by atoms with E-state index in [9.17, 15) is 0 Å². The van der Waals surface area contributed by atoms with Gasteiger partial charge in [-0.15, -0.1) is 0 Å². The van der Waals surface area contributed by atoms with E-state index in [1.54, 1.807) is 0 Å². The summed E-state index contributed by atoms with van der Waals surface area (Å²) in [6.07, 6.45) is 31.8. The van der Waals surface area contributed by atoms with Crippen LogP contribution in [0.25, 0.3) is 0 Å². The van der Waals surface area contributed by atoms with Gasteiger partial charge in [0.05, 0.1) is 0 Å². The van der Waals surface area contributed by atoms with E-state index < -0.39 is 0 Å². The normalized spacial score (nSPS) is 11.6. The van der Waals surface area contributed by atoms with Crippen LogP contribution in [-0.2, 0) is 0 Å². The Morgan fingerprint density at radius 2 is 0.769 bits per heavy atom. The van der Waals surface area contributed by atoms with E-state index in [0.29, 0.717) is 0 Å². The highest BCUT2D eigenvalue weighted by molar-refractivity contribution is 5.56. The van der Waals surface area contributed by atoms with Crippen LogP contribution in [0, 0.1) is 0 Å². The molecule has 0 N–H and O–H groups in total. The van der Waals surface area contributed by atoms with Crippen molar-refractivity contribution in [2.45, 2.75) is 149 Å². The number of unbranched alkanes of at least 4 members (excludes halogenated alkanes) is 19. The summed E-state index contributed by atoms with van der Waals surface area (Å²) in [5.41, 5.74) is 0. The molecule has 1 heteroatoms. The molecule has 156 valence electrons. The molecular formula is C25H51N. The lowest BCUT2D eigenvalue weighted by Gasteiger charge is -2.01. The molecule has 0 atom stereocenters. The minimum Gasteiger partial charge on any atom is -0.298 e. The molecular weight excluding hydrogens is 314 g/mol. The predicted octanol–water partition coefficient (Wildman–Crippen LogP) is 9.29. The van der Waals surface area contributed by atoms with Crippen molar-refractivity contribution in [3.05, 3.63) is 0 Å². The monoisotopic (exact) mass is 365 g/mol. The zero-order valence-corrected chi connectivity index (χ0v) is 18.6. The molecule has 26 heavy (non-hydrogen) atoms. The molecule has 0 aromatic rings. The van der Waals surface area contributed by atoms with Crippen molar-refractivity contribution in [3.8, 4) is 0 Å². The lowest BCUT2D eigenvalue weighted by molar-refractivity contribution is 0.557. The fourth-order valence-electron chi connectivity index (χ4n) is 3.60. The molecule has 1 nitrogen and oxygen atoms in total. The van der Waals surface area contributed by atoms with E-state index in [1.807, 2.05) is 0 Å². The SMILES string of the molecule is CCCCCCCCCCCCC=NCCCCCCCCCCCC. The van der Waals surface area contributed by atoms with Crippen LogP contribution in [-0.4, -0.2) is 12.8 Å². The molecule has 0 saturated heterocycles. The summed E-state index contributed by atoms with van der Waals surface area (Å²) >= 11 is 0. The van der Waals surface area contributed by atoms with Crippen LogP contribution in [0.4, 0.5) is 0 Å². The van der Waals surface area contributed by atoms with Gasteiger partial charge >= 0.3 is 0 Å². The predicted molar refractivity (Wildman–Crippen MR) is 122 cm³/mol. The number of rotatable bonds is 22. The van der Waals surface area contributed by atoms with Crippen molar-refractivity contribution < 1.29 is 0 Å². The van der Waals surface area contributed by atoms with Crippen LogP contribution < -0.4 is 0 Å². The van der Waals surface area contributed by atoms with Crippen LogP contribution in [0.15, 0.2) is 4.99 Å². The average Bonchev–Trinajstić information content (AvgIpc) is 2.66. The molecule has 0 bridgehead atoms. The molecule has 0 aliphatic carbocycles. The van der Waals surface area contributed by atoms with Gasteiger partial charge in [-0.1, -0.05) is 129 Å². The largest absolute Gasteiger partial charge is 0.298 e. The van der Waals surface area contributed by atoms with Crippen molar-refractivity contribution in [3.63, 3.8) is 0 Å². The first-order chi connectivity index (χ1) is 12.9. The second kappa shape index (κ2) is 24.7. The van der Waals surface area contributed by atoms with Gasteiger partial charge in [0.15, 0.2) is 0 Å². The molecule has 0 aromatic heterocycles. The zero-order chi connectivity index (χ0) is 19.0. The van der Waals surface area contributed by atoms with E-state index in [-0.39, 0.29) is 0 Å². The number of aliphatic imine (C=N–C) groups is 1. The van der Waals surface area contributed by atoms with Crippen molar-refractivity contribution in [1.29, 1.82) is 0 Å². The summed E-state index contributed by atoms with van der Waals surface area (Å²) < 4.78 is 0. The Morgan fingerprint density at radius 3 is 1.19 bits per heavy atom. The third kappa shape index (κ3) is 23.7. The average molecular weight is 366 g/mol. The lowest BCUT2D eigenvalue weighted by atomic mass is 10.1. The highest BCUT2D eigenvalue weighted by atomic mass is 14.7. The summed E-state index contributed by atoms with van der Waals surface area (Å²) in [4.78, 5) is 4.59. The maximum absolute atomic E-state index is 4.59. The van der Waals surface area contributed by atoms with Crippen LogP contribution in [0.1, 0.15) is 149 Å². The molecule has 0 saturated carbocycles. The summed E-state index contributed by atoms with van der Waals surface area (Å²) in [6, 6.07) is 0. The first-order valence-corrected chi connectivity index (χ1v) is 12.4. The summed E-state index contributed by atoms with van der Waals surface area (Å²) in [7, 11) is 0. The topological polar surface area (TPSA) is 12.4 Å². The van der Waals surface area contributed by atoms with Crippen molar-refractivity contribution >= 4 is 6.21 Å². The molecule has 0 heterocycles. The molecule has 0 unspecified atom stereocenters. The third-order valence-corrected chi connectivity index (χ3v) is 5.46. The van der Waals surface area contributed by atoms with Gasteiger partial charge < -0.3 is 0 Å². The molecule has 0 aromatic carbocycles. The number of nitrogens with zero attached hydrogens (tertiary/aromatic N) is 1. The van der Waals surface area contributed by atoms with Gasteiger partial charge in [-0.2, -0.15) is 0 Å². The summed E-state index contributed by atoms with van der Waals surface area (Å²) in [5, 5.41) is 0. The highest BCUT2D eigenvalue weighted by Gasteiger charge is 1.93. The fraction of sp³-hybridized carbons (Fsp3) is 0.960. The standard InChI is InChI=1S/C25H51N/c1-3-5-7-9-11-13-15-17-19-21-23-25-26-24-22-20-18-16-14-12-10-8-6-4-2/h25H,3-24H2,1-2H3. The van der Waals surface area contributed by atoms with Crippen LogP contribution in [0.2, 0.25) is 0 Å². The minimum absolute atomic E-state index is 1.06. The van der Waals surface area contributed by atoms with Crippen LogP contribution in [0.3, 0.4) is 0 Å². The Bertz CT molecular complexity index is 233. The van der Waals surface area contributed by atoms with Gasteiger partial charge in [-0.3, -0.25) is 4.99 Å². The van der Waals surface area contributed by atoms with E-state index in [0.717, 1.165) is 6.54 Å². The highest BCUT2D eigenvalue weighted by Crippen LogP contribution is 2.12. The fourth-order valence-corrected chi connectivity index (χ4v) is 3.60. The smallest absolute Gasteiger partial charge is 0.0385 e. The van der Waals surface area contributed by atoms with Gasteiger partial charge in [0.1, 0.15) is 0 Å². The first-order valence-electron chi connectivity index (χ1n) is 12.4. The minimum atomic E-state index is 1.06. The van der Waals surface area contributed by atoms with Gasteiger partial charge in [0, 0.05) is 6.54 Å². The number of hydrogen-bond acceptors (Lipinski definition) is 1. The second-order valence-electron chi connectivity index (χ2n) is 8.24. The summed E-state index contributed by atoms with van der Waals surface area (Å²) in [5.74, 6) is 0. The Hall–Kier alpha value is -0.330. The zero-order valence-electron chi connectivity index (χ0n) is 18.6. The molecule has 0 aliphatic heterocycles. The van der Waals surface area contributed by atoms with Gasteiger partial charge in [0.2, 0.25) is 0 Å². The van der Waals surface area contributed by atoms with Gasteiger partial charge in [-0.05, 0) is 25.5 Å². The van der Waals surface area contributed by atoms with E-state index in [1.165, 1.54) is 135 Å². The quantitative estimate of drug-likeness (QED) is 0.134. The van der Waals surface area contributed by atoms with E-state index in [2.05, 4.69) is 25.1 Å². The first kappa shape index (κ1) is 25.7. The molecule has 0 fully saturated rings. The van der Waals surface area contributed by atoms with Crippen molar-refractivity contribution in [1.82, 2.24) is 0 Å². The molecule has 0 rings (SSSR count). The molecule has 0 aliphatic rings. The Balaban J connectivity index is 3.04. The van der Waals surface area contributed by atoms with Crippen LogP contribution >= 0.6 is 0 Å². The molecule has 0 amide bonds. The Morgan fingerprint density at radius 1 is 0.423 bits per heavy atom. The third-order valence-electron chi connectivity index (χ3n) is 5.46. The Labute approximate surface area is 166 Å². The van der Waals surface area contributed by atoms with Crippen LogP contribution in [0.5, 0.6) is 0 Å². The maximum atomic E-state index is 4.59. The van der Waals surface area contributed by atoms with Gasteiger partial charge in [-0.25, -0.2) is 0 Å². The maximum Gasteiger partial charge on any atom is 0.0385 e. The lowest BCUT2D eigenvalue weighted by Crippen LogP contribution is -1.86. The Kier molecular flexibility index (Phi) is 24.4. The van der Waals surface area contributed by atoms with Gasteiger partial charge in [0.25, 0.3) is 0 Å². The van der Waals surface area contributed by atoms with Crippen molar-refractivity contribution in [2.24, 2.45) is 4.99 Å². The molecule has 0 spiro atoms.